The second kappa shape index (κ2) is 7.65. The Hall–Kier alpha value is -0.580. The molecule has 0 unspecified atom stereocenters. The summed E-state index contributed by atoms with van der Waals surface area (Å²) in [4.78, 5) is 4.15. The molecule has 88 valence electrons. The van der Waals surface area contributed by atoms with Crippen LogP contribution in [0.3, 0.4) is 0 Å². The number of hydrogen-bond acceptors (Lipinski definition) is 3. The summed E-state index contributed by atoms with van der Waals surface area (Å²) in [5, 5.41) is 3.76. The van der Waals surface area contributed by atoms with Gasteiger partial charge in [0.1, 0.15) is 5.82 Å². The predicted octanol–water partition coefficient (Wildman–Crippen LogP) is 3.50. The standard InChI is InChI=1S/C11H14BrClN2O/c1-2-3-5-16-6-4-14-11-10(12)7-9(13)8-15-11/h2,7-8H,1,3-6H2,(H,14,15). The first-order chi connectivity index (χ1) is 7.74. The molecule has 1 rings (SSSR count). The van der Waals surface area contributed by atoms with Gasteiger partial charge in [0.2, 0.25) is 0 Å². The summed E-state index contributed by atoms with van der Waals surface area (Å²) in [5.41, 5.74) is 0. The fourth-order valence-electron chi connectivity index (χ4n) is 1.05. The van der Waals surface area contributed by atoms with Crippen LogP contribution in [0.5, 0.6) is 0 Å². The number of hydrogen-bond donors (Lipinski definition) is 1. The van der Waals surface area contributed by atoms with Gasteiger partial charge in [-0.2, -0.15) is 0 Å². The van der Waals surface area contributed by atoms with Crippen LogP contribution < -0.4 is 5.32 Å². The Balaban J connectivity index is 2.24. The zero-order chi connectivity index (χ0) is 11.8. The van der Waals surface area contributed by atoms with Crippen LogP contribution in [0.2, 0.25) is 5.02 Å². The molecular formula is C11H14BrClN2O. The number of rotatable bonds is 7. The summed E-state index contributed by atoms with van der Waals surface area (Å²) in [6, 6.07) is 1.80. The molecule has 5 heteroatoms. The van der Waals surface area contributed by atoms with E-state index in [0.29, 0.717) is 24.8 Å². The van der Waals surface area contributed by atoms with E-state index in [1.807, 2.05) is 6.08 Å². The van der Waals surface area contributed by atoms with Crippen molar-refractivity contribution in [2.75, 3.05) is 25.1 Å². The number of pyridine rings is 1. The van der Waals surface area contributed by atoms with Gasteiger partial charge in [0.05, 0.1) is 22.7 Å². The van der Waals surface area contributed by atoms with Crippen molar-refractivity contribution < 1.29 is 4.74 Å². The molecule has 0 saturated carbocycles. The van der Waals surface area contributed by atoms with Crippen molar-refractivity contribution in [3.05, 3.63) is 34.4 Å². The molecule has 1 N–H and O–H groups in total. The minimum absolute atomic E-state index is 0.611. The third kappa shape index (κ3) is 4.96. The lowest BCUT2D eigenvalue weighted by Crippen LogP contribution is -2.11. The Morgan fingerprint density at radius 1 is 1.56 bits per heavy atom. The Morgan fingerprint density at radius 3 is 3.06 bits per heavy atom. The highest BCUT2D eigenvalue weighted by molar-refractivity contribution is 9.10. The lowest BCUT2D eigenvalue weighted by atomic mass is 10.4. The van der Waals surface area contributed by atoms with Gasteiger partial charge >= 0.3 is 0 Å². The van der Waals surface area contributed by atoms with Gasteiger partial charge in [-0.1, -0.05) is 17.7 Å². The smallest absolute Gasteiger partial charge is 0.140 e. The van der Waals surface area contributed by atoms with Crippen LogP contribution in [0.1, 0.15) is 6.42 Å². The van der Waals surface area contributed by atoms with E-state index < -0.39 is 0 Å². The molecule has 0 fully saturated rings. The Kier molecular flexibility index (Phi) is 6.45. The SMILES string of the molecule is C=CCCOCCNc1ncc(Cl)cc1Br. The molecule has 0 aliphatic rings. The zero-order valence-corrected chi connectivity index (χ0v) is 11.2. The number of nitrogens with zero attached hydrogens (tertiary/aromatic N) is 1. The van der Waals surface area contributed by atoms with Gasteiger partial charge < -0.3 is 10.1 Å². The minimum Gasteiger partial charge on any atom is -0.379 e. The summed E-state index contributed by atoms with van der Waals surface area (Å²) >= 11 is 9.16. The molecule has 0 spiro atoms. The maximum absolute atomic E-state index is 5.78. The van der Waals surface area contributed by atoms with Crippen molar-refractivity contribution in [2.24, 2.45) is 0 Å². The van der Waals surface area contributed by atoms with E-state index in [4.69, 9.17) is 16.3 Å². The van der Waals surface area contributed by atoms with Crippen molar-refractivity contribution in [3.8, 4) is 0 Å². The van der Waals surface area contributed by atoms with E-state index in [1.165, 1.54) is 0 Å². The first-order valence-corrected chi connectivity index (χ1v) is 6.14. The normalized spacial score (nSPS) is 10.1. The van der Waals surface area contributed by atoms with Gasteiger partial charge in [0.15, 0.2) is 0 Å². The largest absolute Gasteiger partial charge is 0.379 e. The van der Waals surface area contributed by atoms with E-state index in [1.54, 1.807) is 12.3 Å². The maximum Gasteiger partial charge on any atom is 0.140 e. The van der Waals surface area contributed by atoms with Crippen LogP contribution in [0.15, 0.2) is 29.4 Å². The first kappa shape index (κ1) is 13.5. The van der Waals surface area contributed by atoms with E-state index in [-0.39, 0.29) is 0 Å². The van der Waals surface area contributed by atoms with Gasteiger partial charge in [-0.15, -0.1) is 6.58 Å². The average molecular weight is 306 g/mol. The molecule has 0 aliphatic carbocycles. The van der Waals surface area contributed by atoms with Crippen molar-refractivity contribution in [2.45, 2.75) is 6.42 Å². The summed E-state index contributed by atoms with van der Waals surface area (Å²) in [5.74, 6) is 0.775. The topological polar surface area (TPSA) is 34.1 Å². The molecule has 0 saturated heterocycles. The predicted molar refractivity (Wildman–Crippen MR) is 71.1 cm³/mol. The highest BCUT2D eigenvalue weighted by Gasteiger charge is 2.00. The number of nitrogens with one attached hydrogen (secondary N) is 1. The van der Waals surface area contributed by atoms with Gasteiger partial charge in [-0.05, 0) is 28.4 Å². The summed E-state index contributed by atoms with van der Waals surface area (Å²) in [6.45, 7) is 5.69. The minimum atomic E-state index is 0.611. The first-order valence-electron chi connectivity index (χ1n) is 4.97. The maximum atomic E-state index is 5.78. The molecule has 0 aromatic carbocycles. The van der Waals surface area contributed by atoms with E-state index in [9.17, 15) is 0 Å². The molecule has 1 aromatic heterocycles. The summed E-state index contributed by atoms with van der Waals surface area (Å²) in [6.07, 6.45) is 4.32. The van der Waals surface area contributed by atoms with Crippen LogP contribution in [-0.2, 0) is 4.74 Å². The molecule has 0 aliphatic heterocycles. The van der Waals surface area contributed by atoms with Crippen LogP contribution in [0.4, 0.5) is 5.82 Å². The number of halogens is 2. The summed E-state index contributed by atoms with van der Waals surface area (Å²) in [7, 11) is 0. The van der Waals surface area contributed by atoms with Gasteiger partial charge in [-0.25, -0.2) is 4.98 Å². The quantitative estimate of drug-likeness (QED) is 0.618. The molecule has 0 amide bonds. The second-order valence-corrected chi connectivity index (χ2v) is 4.39. The fraction of sp³-hybridized carbons (Fsp3) is 0.364. The van der Waals surface area contributed by atoms with Crippen molar-refractivity contribution in [1.82, 2.24) is 4.98 Å². The molecule has 1 heterocycles. The second-order valence-electron chi connectivity index (χ2n) is 3.10. The highest BCUT2D eigenvalue weighted by Crippen LogP contribution is 2.22. The lowest BCUT2D eigenvalue weighted by molar-refractivity contribution is 0.149. The lowest BCUT2D eigenvalue weighted by Gasteiger charge is -2.07. The van der Waals surface area contributed by atoms with Crippen LogP contribution in [0.25, 0.3) is 0 Å². The fourth-order valence-corrected chi connectivity index (χ4v) is 1.83. The number of ether oxygens (including phenoxy) is 1. The van der Waals surface area contributed by atoms with Crippen molar-refractivity contribution in [3.63, 3.8) is 0 Å². The van der Waals surface area contributed by atoms with Gasteiger partial charge in [0.25, 0.3) is 0 Å². The van der Waals surface area contributed by atoms with E-state index in [0.717, 1.165) is 16.7 Å². The summed E-state index contributed by atoms with van der Waals surface area (Å²) < 4.78 is 6.21. The molecule has 0 atom stereocenters. The molecule has 3 nitrogen and oxygen atoms in total. The molecule has 16 heavy (non-hydrogen) atoms. The van der Waals surface area contributed by atoms with Gasteiger partial charge in [0, 0.05) is 12.7 Å². The average Bonchev–Trinajstić information content (AvgIpc) is 2.26. The van der Waals surface area contributed by atoms with Crippen LogP contribution in [-0.4, -0.2) is 24.7 Å². The molecule has 0 bridgehead atoms. The van der Waals surface area contributed by atoms with Crippen molar-refractivity contribution in [1.29, 1.82) is 0 Å². The molecule has 1 aromatic rings. The number of aromatic nitrogens is 1. The van der Waals surface area contributed by atoms with Gasteiger partial charge in [-0.3, -0.25) is 0 Å². The monoisotopic (exact) mass is 304 g/mol. The zero-order valence-electron chi connectivity index (χ0n) is 8.88. The van der Waals surface area contributed by atoms with Crippen LogP contribution >= 0.6 is 27.5 Å². The Morgan fingerprint density at radius 2 is 2.38 bits per heavy atom. The van der Waals surface area contributed by atoms with Crippen LogP contribution in [0, 0.1) is 0 Å². The van der Waals surface area contributed by atoms with E-state index >= 15 is 0 Å². The van der Waals surface area contributed by atoms with Crippen molar-refractivity contribution >= 4 is 33.3 Å². The Labute approximate surface area is 109 Å². The molecular weight excluding hydrogens is 291 g/mol. The molecule has 0 radical (unpaired) electrons. The highest BCUT2D eigenvalue weighted by atomic mass is 79.9. The Bertz CT molecular complexity index is 347. The van der Waals surface area contributed by atoms with E-state index in [2.05, 4.69) is 32.8 Å². The number of anilines is 1. The third-order valence-corrected chi connectivity index (χ3v) is 2.62. The third-order valence-electron chi connectivity index (χ3n) is 1.81.